The Balaban J connectivity index is 0.000000249. The quantitative estimate of drug-likeness (QED) is 0.758. The van der Waals surface area contributed by atoms with Crippen LogP contribution < -0.4 is 0 Å². The zero-order valence-corrected chi connectivity index (χ0v) is 9.86. The molecule has 1 aliphatic rings. The summed E-state index contributed by atoms with van der Waals surface area (Å²) in [6.07, 6.45) is 2.09. The Morgan fingerprint density at radius 2 is 2.35 bits per heavy atom. The van der Waals surface area contributed by atoms with Gasteiger partial charge in [0.25, 0.3) is 6.47 Å². The average Bonchev–Trinajstić information content (AvgIpc) is 2.84. The molecule has 2 rings (SSSR count). The minimum absolute atomic E-state index is 0.179. The second kappa shape index (κ2) is 7.54. The number of benzene rings is 1. The van der Waals surface area contributed by atoms with Gasteiger partial charge in [0.05, 0.1) is 6.61 Å². The van der Waals surface area contributed by atoms with Gasteiger partial charge in [0.2, 0.25) is 0 Å². The Morgan fingerprint density at radius 3 is 2.82 bits per heavy atom. The monoisotopic (exact) mass is 237 g/mol. The maximum atomic E-state index is 12.8. The highest BCUT2D eigenvalue weighted by Gasteiger charge is 2.08. The van der Waals surface area contributed by atoms with Crippen molar-refractivity contribution in [3.05, 3.63) is 35.6 Å². The molecule has 0 fully saturated rings. The van der Waals surface area contributed by atoms with E-state index in [-0.39, 0.29) is 5.82 Å². The summed E-state index contributed by atoms with van der Waals surface area (Å²) in [5, 5.41) is 0. The summed E-state index contributed by atoms with van der Waals surface area (Å²) in [5.74, 6) is -0.179. The van der Waals surface area contributed by atoms with Crippen LogP contribution in [0.15, 0.2) is 29.3 Å². The van der Waals surface area contributed by atoms with Gasteiger partial charge in [-0.3, -0.25) is 9.79 Å². The fraction of sp³-hybridized carbons (Fsp3) is 0.385. The molecular weight excluding hydrogens is 221 g/mol. The molecule has 0 spiro atoms. The van der Waals surface area contributed by atoms with Crippen molar-refractivity contribution in [3.8, 4) is 0 Å². The first-order valence-electron chi connectivity index (χ1n) is 5.62. The number of halogens is 1. The van der Waals surface area contributed by atoms with E-state index >= 15 is 0 Å². The van der Waals surface area contributed by atoms with Gasteiger partial charge in [-0.15, -0.1) is 0 Å². The summed E-state index contributed by atoms with van der Waals surface area (Å²) in [6, 6.07) is 6.64. The lowest BCUT2D eigenvalue weighted by Crippen LogP contribution is -1.95. The zero-order valence-electron chi connectivity index (χ0n) is 9.86. The number of hydrogen-bond donors (Lipinski definition) is 0. The van der Waals surface area contributed by atoms with Crippen LogP contribution in [0.1, 0.15) is 25.3 Å². The predicted octanol–water partition coefficient (Wildman–Crippen LogP) is 2.59. The predicted molar refractivity (Wildman–Crippen MR) is 64.7 cm³/mol. The van der Waals surface area contributed by atoms with Gasteiger partial charge >= 0.3 is 0 Å². The Bertz CT molecular complexity index is 391. The van der Waals surface area contributed by atoms with Gasteiger partial charge in [-0.2, -0.15) is 0 Å². The second-order valence-corrected chi connectivity index (χ2v) is 3.49. The van der Waals surface area contributed by atoms with Crippen molar-refractivity contribution in [3.63, 3.8) is 0 Å². The zero-order chi connectivity index (χ0) is 12.5. The number of nitrogens with zero attached hydrogens (tertiary/aromatic N) is 1. The molecule has 0 radical (unpaired) electrons. The number of carbonyl (C=O) groups is 1. The van der Waals surface area contributed by atoms with E-state index in [9.17, 15) is 9.18 Å². The summed E-state index contributed by atoms with van der Waals surface area (Å²) in [6.45, 7) is 3.56. The number of carbonyl (C=O) groups excluding carboxylic acids is 1. The van der Waals surface area contributed by atoms with Crippen LogP contribution in [-0.4, -0.2) is 25.3 Å². The summed E-state index contributed by atoms with van der Waals surface area (Å²) in [5.41, 5.74) is 1.99. The maximum absolute atomic E-state index is 12.8. The molecule has 0 atom stereocenters. The van der Waals surface area contributed by atoms with Crippen molar-refractivity contribution in [2.45, 2.75) is 19.8 Å². The van der Waals surface area contributed by atoms with Crippen LogP contribution in [0.2, 0.25) is 0 Å². The standard InChI is InChI=1S/C10H10FN.C3H6O2/c11-9-4-1-3-8(7-9)10-5-2-6-12-10;1-2-5-3-4/h1,3-4,7H,2,5-6H2;3H,2H2,1H3. The van der Waals surface area contributed by atoms with Crippen LogP contribution in [-0.2, 0) is 9.53 Å². The molecule has 0 aromatic heterocycles. The van der Waals surface area contributed by atoms with E-state index < -0.39 is 0 Å². The van der Waals surface area contributed by atoms with Gasteiger partial charge < -0.3 is 4.74 Å². The fourth-order valence-corrected chi connectivity index (χ4v) is 1.51. The number of rotatable bonds is 3. The van der Waals surface area contributed by atoms with Crippen molar-refractivity contribution in [1.29, 1.82) is 0 Å². The van der Waals surface area contributed by atoms with Crippen molar-refractivity contribution < 1.29 is 13.9 Å². The molecule has 1 aromatic rings. The number of aliphatic imine (C=N–C) groups is 1. The lowest BCUT2D eigenvalue weighted by Gasteiger charge is -1.98. The topological polar surface area (TPSA) is 38.7 Å². The highest BCUT2D eigenvalue weighted by Crippen LogP contribution is 2.13. The summed E-state index contributed by atoms with van der Waals surface area (Å²) >= 11 is 0. The lowest BCUT2D eigenvalue weighted by atomic mass is 10.1. The van der Waals surface area contributed by atoms with E-state index in [1.54, 1.807) is 19.1 Å². The second-order valence-electron chi connectivity index (χ2n) is 3.49. The normalized spacial score (nSPS) is 13.4. The third-order valence-electron chi connectivity index (χ3n) is 2.27. The van der Waals surface area contributed by atoms with Gasteiger partial charge in [-0.25, -0.2) is 4.39 Å². The van der Waals surface area contributed by atoms with E-state index in [1.165, 1.54) is 6.07 Å². The van der Waals surface area contributed by atoms with Gasteiger partial charge in [0, 0.05) is 12.3 Å². The minimum Gasteiger partial charge on any atom is -0.468 e. The van der Waals surface area contributed by atoms with E-state index in [2.05, 4.69) is 9.73 Å². The van der Waals surface area contributed by atoms with Crippen molar-refractivity contribution in [2.75, 3.05) is 13.2 Å². The molecule has 0 aliphatic carbocycles. The molecule has 0 amide bonds. The van der Waals surface area contributed by atoms with E-state index in [0.29, 0.717) is 13.1 Å². The molecule has 0 saturated heterocycles. The summed E-state index contributed by atoms with van der Waals surface area (Å²) in [4.78, 5) is 13.5. The van der Waals surface area contributed by atoms with E-state index in [4.69, 9.17) is 0 Å². The molecular formula is C13H16FNO2. The molecule has 0 N–H and O–H groups in total. The van der Waals surface area contributed by atoms with Gasteiger partial charge in [0.15, 0.2) is 0 Å². The van der Waals surface area contributed by atoms with Crippen LogP contribution in [0.3, 0.4) is 0 Å². The van der Waals surface area contributed by atoms with Crippen molar-refractivity contribution >= 4 is 12.2 Å². The Hall–Kier alpha value is -1.71. The van der Waals surface area contributed by atoms with Gasteiger partial charge in [0.1, 0.15) is 5.82 Å². The first-order valence-corrected chi connectivity index (χ1v) is 5.62. The van der Waals surface area contributed by atoms with Crippen LogP contribution >= 0.6 is 0 Å². The van der Waals surface area contributed by atoms with Crippen LogP contribution in [0.4, 0.5) is 4.39 Å². The molecule has 4 heteroatoms. The maximum Gasteiger partial charge on any atom is 0.293 e. The fourth-order valence-electron chi connectivity index (χ4n) is 1.51. The highest BCUT2D eigenvalue weighted by molar-refractivity contribution is 6.01. The first kappa shape index (κ1) is 13.4. The smallest absolute Gasteiger partial charge is 0.293 e. The molecule has 1 heterocycles. The van der Waals surface area contributed by atoms with Gasteiger partial charge in [-0.1, -0.05) is 12.1 Å². The molecule has 17 heavy (non-hydrogen) atoms. The van der Waals surface area contributed by atoms with Crippen molar-refractivity contribution in [1.82, 2.24) is 0 Å². The van der Waals surface area contributed by atoms with Crippen molar-refractivity contribution in [2.24, 2.45) is 4.99 Å². The molecule has 92 valence electrons. The van der Waals surface area contributed by atoms with E-state index in [0.717, 1.165) is 30.7 Å². The number of hydrogen-bond acceptors (Lipinski definition) is 3. The average molecular weight is 237 g/mol. The van der Waals surface area contributed by atoms with Gasteiger partial charge in [-0.05, 0) is 37.5 Å². The largest absolute Gasteiger partial charge is 0.468 e. The van der Waals surface area contributed by atoms with Crippen LogP contribution in [0.25, 0.3) is 0 Å². The molecule has 0 saturated carbocycles. The summed E-state index contributed by atoms with van der Waals surface area (Å²) < 4.78 is 16.9. The third-order valence-corrected chi connectivity index (χ3v) is 2.27. The molecule has 3 nitrogen and oxygen atoms in total. The minimum atomic E-state index is -0.179. The molecule has 1 aromatic carbocycles. The first-order chi connectivity index (χ1) is 8.27. The Morgan fingerprint density at radius 1 is 1.53 bits per heavy atom. The van der Waals surface area contributed by atoms with Crippen LogP contribution in [0.5, 0.6) is 0 Å². The van der Waals surface area contributed by atoms with Crippen LogP contribution in [0, 0.1) is 5.82 Å². The molecule has 1 aliphatic heterocycles. The molecule has 0 unspecified atom stereocenters. The number of ether oxygens (including phenoxy) is 1. The van der Waals surface area contributed by atoms with E-state index in [1.807, 2.05) is 6.07 Å². The SMILES string of the molecule is CCOC=O.Fc1cccc(C2=NCCC2)c1. The Kier molecular flexibility index (Phi) is 5.93. The Labute approximate surface area is 100 Å². The third kappa shape index (κ3) is 4.76. The lowest BCUT2D eigenvalue weighted by molar-refractivity contribution is -0.128. The molecule has 0 bridgehead atoms. The highest BCUT2D eigenvalue weighted by atomic mass is 19.1. The summed E-state index contributed by atoms with van der Waals surface area (Å²) in [7, 11) is 0.